The van der Waals surface area contributed by atoms with E-state index in [0.717, 1.165) is 10.0 Å². The van der Waals surface area contributed by atoms with Crippen LogP contribution in [-0.4, -0.2) is 0 Å². The molecular formula is C14H14BrClFN3. The number of nitrogen functional groups attached to an aromatic ring is 2. The van der Waals surface area contributed by atoms with E-state index in [1.807, 2.05) is 31.2 Å². The van der Waals surface area contributed by atoms with Crippen molar-refractivity contribution in [1.82, 2.24) is 0 Å². The molecule has 0 saturated heterocycles. The molecule has 0 aliphatic carbocycles. The second-order valence-electron chi connectivity index (χ2n) is 4.48. The van der Waals surface area contributed by atoms with E-state index in [-0.39, 0.29) is 28.1 Å². The zero-order valence-electron chi connectivity index (χ0n) is 10.8. The summed E-state index contributed by atoms with van der Waals surface area (Å²) < 4.78 is 15.1. The molecule has 0 aliphatic heterocycles. The molecule has 2 aromatic carbocycles. The Hall–Kier alpha value is -1.46. The van der Waals surface area contributed by atoms with E-state index < -0.39 is 5.82 Å². The predicted molar refractivity (Wildman–Crippen MR) is 86.4 cm³/mol. The Kier molecular flexibility index (Phi) is 4.40. The Morgan fingerprint density at radius 2 is 1.80 bits per heavy atom. The summed E-state index contributed by atoms with van der Waals surface area (Å²) in [6.45, 7) is 1.91. The van der Waals surface area contributed by atoms with Crippen molar-refractivity contribution in [1.29, 1.82) is 0 Å². The van der Waals surface area contributed by atoms with E-state index in [1.54, 1.807) is 0 Å². The quantitative estimate of drug-likeness (QED) is 0.704. The van der Waals surface area contributed by atoms with E-state index in [1.165, 1.54) is 6.07 Å². The molecule has 1 unspecified atom stereocenters. The smallest absolute Gasteiger partial charge is 0.169 e. The van der Waals surface area contributed by atoms with Gasteiger partial charge in [-0.25, -0.2) is 4.39 Å². The van der Waals surface area contributed by atoms with Crippen molar-refractivity contribution >= 4 is 44.6 Å². The number of nitrogens with two attached hydrogens (primary N) is 2. The van der Waals surface area contributed by atoms with Crippen LogP contribution < -0.4 is 16.8 Å². The molecule has 2 aromatic rings. The first-order chi connectivity index (χ1) is 9.40. The highest BCUT2D eigenvalue weighted by Gasteiger charge is 2.16. The Bertz CT molecular complexity index is 631. The van der Waals surface area contributed by atoms with Gasteiger partial charge in [-0.15, -0.1) is 0 Å². The summed E-state index contributed by atoms with van der Waals surface area (Å²) >= 11 is 9.17. The van der Waals surface area contributed by atoms with Crippen LogP contribution in [0.4, 0.5) is 21.5 Å². The van der Waals surface area contributed by atoms with Gasteiger partial charge in [-0.05, 0) is 30.7 Å². The molecule has 2 rings (SSSR count). The number of benzene rings is 2. The maximum atomic E-state index is 14.1. The van der Waals surface area contributed by atoms with Gasteiger partial charge in [-0.3, -0.25) is 0 Å². The van der Waals surface area contributed by atoms with Gasteiger partial charge >= 0.3 is 0 Å². The minimum Gasteiger partial charge on any atom is -0.397 e. The molecule has 0 radical (unpaired) electrons. The number of anilines is 3. The van der Waals surface area contributed by atoms with Crippen LogP contribution in [0.3, 0.4) is 0 Å². The van der Waals surface area contributed by atoms with E-state index in [9.17, 15) is 4.39 Å². The number of rotatable bonds is 3. The van der Waals surface area contributed by atoms with E-state index in [4.69, 9.17) is 23.1 Å². The van der Waals surface area contributed by atoms with Gasteiger partial charge in [0.25, 0.3) is 0 Å². The van der Waals surface area contributed by atoms with Gasteiger partial charge in [0.1, 0.15) is 5.02 Å². The standard InChI is InChI=1S/C14H14BrClFN3/c1-7(8-2-4-9(15)5-3-8)20-14-11(19)6-10(18)12(16)13(14)17/h2-7,20H,18-19H2,1H3. The third kappa shape index (κ3) is 2.99. The van der Waals surface area contributed by atoms with Crippen LogP contribution in [-0.2, 0) is 0 Å². The molecule has 0 aromatic heterocycles. The number of nitrogens with one attached hydrogen (secondary N) is 1. The van der Waals surface area contributed by atoms with Crippen molar-refractivity contribution in [2.24, 2.45) is 0 Å². The Morgan fingerprint density at radius 1 is 1.20 bits per heavy atom. The topological polar surface area (TPSA) is 64.1 Å². The lowest BCUT2D eigenvalue weighted by atomic mass is 10.1. The SMILES string of the molecule is CC(Nc1c(N)cc(N)c(Cl)c1F)c1ccc(Br)cc1. The lowest BCUT2D eigenvalue weighted by molar-refractivity contribution is 0.629. The van der Waals surface area contributed by atoms with Gasteiger partial charge in [0.15, 0.2) is 5.82 Å². The molecule has 6 heteroatoms. The normalized spacial score (nSPS) is 12.2. The van der Waals surface area contributed by atoms with Crippen molar-refractivity contribution in [3.05, 3.63) is 51.2 Å². The first kappa shape index (κ1) is 14.9. The average Bonchev–Trinajstić information content (AvgIpc) is 2.42. The van der Waals surface area contributed by atoms with Gasteiger partial charge in [0.05, 0.1) is 17.1 Å². The maximum Gasteiger partial charge on any atom is 0.169 e. The number of hydrogen-bond acceptors (Lipinski definition) is 3. The number of halogens is 3. The molecule has 20 heavy (non-hydrogen) atoms. The van der Waals surface area contributed by atoms with Crippen LogP contribution in [0.2, 0.25) is 5.02 Å². The zero-order valence-corrected chi connectivity index (χ0v) is 13.1. The predicted octanol–water partition coefficient (Wildman–Crippen LogP) is 4.58. The molecule has 1 atom stereocenters. The molecule has 0 amide bonds. The fourth-order valence-electron chi connectivity index (χ4n) is 1.86. The van der Waals surface area contributed by atoms with Crippen molar-refractivity contribution in [2.75, 3.05) is 16.8 Å². The second kappa shape index (κ2) is 5.89. The highest BCUT2D eigenvalue weighted by molar-refractivity contribution is 9.10. The third-order valence-corrected chi connectivity index (χ3v) is 3.91. The second-order valence-corrected chi connectivity index (χ2v) is 5.77. The minimum absolute atomic E-state index is 0.121. The molecule has 0 bridgehead atoms. The van der Waals surface area contributed by atoms with Crippen LogP contribution in [0, 0.1) is 5.82 Å². The molecule has 0 fully saturated rings. The lowest BCUT2D eigenvalue weighted by Gasteiger charge is -2.19. The zero-order chi connectivity index (χ0) is 14.9. The molecule has 5 N–H and O–H groups in total. The lowest BCUT2D eigenvalue weighted by Crippen LogP contribution is -2.11. The highest BCUT2D eigenvalue weighted by Crippen LogP contribution is 2.35. The molecule has 0 saturated carbocycles. The van der Waals surface area contributed by atoms with Gasteiger partial charge in [-0.2, -0.15) is 0 Å². The Balaban J connectivity index is 2.30. The van der Waals surface area contributed by atoms with Gasteiger partial charge in [0.2, 0.25) is 0 Å². The summed E-state index contributed by atoms with van der Waals surface area (Å²) in [6, 6.07) is 9.04. The minimum atomic E-state index is -0.631. The van der Waals surface area contributed by atoms with E-state index >= 15 is 0 Å². The van der Waals surface area contributed by atoms with Crippen LogP contribution in [0.5, 0.6) is 0 Å². The Labute approximate surface area is 130 Å². The van der Waals surface area contributed by atoms with Crippen LogP contribution in [0.1, 0.15) is 18.5 Å². The van der Waals surface area contributed by atoms with Crippen molar-refractivity contribution < 1.29 is 4.39 Å². The first-order valence-corrected chi connectivity index (χ1v) is 7.12. The summed E-state index contributed by atoms with van der Waals surface area (Å²) in [5, 5.41) is 2.91. The van der Waals surface area contributed by atoms with Crippen LogP contribution >= 0.6 is 27.5 Å². The van der Waals surface area contributed by atoms with Gasteiger partial charge in [-0.1, -0.05) is 39.7 Å². The highest BCUT2D eigenvalue weighted by atomic mass is 79.9. The van der Waals surface area contributed by atoms with Crippen molar-refractivity contribution in [3.8, 4) is 0 Å². The summed E-state index contributed by atoms with van der Waals surface area (Å²) in [4.78, 5) is 0. The average molecular weight is 359 g/mol. The summed E-state index contributed by atoms with van der Waals surface area (Å²) in [5.41, 5.74) is 12.9. The fourth-order valence-corrected chi connectivity index (χ4v) is 2.28. The van der Waals surface area contributed by atoms with E-state index in [0.29, 0.717) is 0 Å². The maximum absolute atomic E-state index is 14.1. The first-order valence-electron chi connectivity index (χ1n) is 5.95. The molecule has 106 valence electrons. The molecular weight excluding hydrogens is 345 g/mol. The Morgan fingerprint density at radius 3 is 2.40 bits per heavy atom. The van der Waals surface area contributed by atoms with Crippen LogP contribution in [0.25, 0.3) is 0 Å². The third-order valence-electron chi connectivity index (χ3n) is 3.00. The van der Waals surface area contributed by atoms with Gasteiger partial charge < -0.3 is 16.8 Å². The largest absolute Gasteiger partial charge is 0.397 e. The molecule has 0 spiro atoms. The van der Waals surface area contributed by atoms with E-state index in [2.05, 4.69) is 21.2 Å². The van der Waals surface area contributed by atoms with Gasteiger partial charge in [0, 0.05) is 10.5 Å². The molecule has 0 aliphatic rings. The summed E-state index contributed by atoms with van der Waals surface area (Å²) in [5.74, 6) is -0.631. The van der Waals surface area contributed by atoms with Crippen LogP contribution in [0.15, 0.2) is 34.8 Å². The summed E-state index contributed by atoms with van der Waals surface area (Å²) in [6.07, 6.45) is 0. The van der Waals surface area contributed by atoms with Crippen molar-refractivity contribution in [3.63, 3.8) is 0 Å². The fraction of sp³-hybridized carbons (Fsp3) is 0.143. The molecule has 3 nitrogen and oxygen atoms in total. The summed E-state index contributed by atoms with van der Waals surface area (Å²) in [7, 11) is 0. The molecule has 0 heterocycles. The van der Waals surface area contributed by atoms with Crippen molar-refractivity contribution in [2.45, 2.75) is 13.0 Å². The monoisotopic (exact) mass is 357 g/mol. The number of hydrogen-bond donors (Lipinski definition) is 3.